The first-order chi connectivity index (χ1) is 6.37. The molecule has 1 aromatic rings. The highest BCUT2D eigenvalue weighted by molar-refractivity contribution is 9.11. The Morgan fingerprint density at radius 3 is 2.64 bits per heavy atom. The lowest BCUT2D eigenvalue weighted by atomic mass is 10.1. The summed E-state index contributed by atoms with van der Waals surface area (Å²) in [6, 6.07) is -0.237. The Bertz CT molecular complexity index is 332. The first-order valence-corrected chi connectivity index (χ1v) is 5.68. The molecular weight excluding hydrogens is 266 g/mol. The van der Waals surface area contributed by atoms with Crippen molar-refractivity contribution >= 4 is 38.4 Å². The zero-order valence-electron chi connectivity index (χ0n) is 8.22. The summed E-state index contributed by atoms with van der Waals surface area (Å²) < 4.78 is 0.892. The fraction of sp³-hybridized carbons (Fsp3) is 0.500. The Kier molecular flexibility index (Phi) is 3.49. The summed E-state index contributed by atoms with van der Waals surface area (Å²) in [6.45, 7) is 5.76. The van der Waals surface area contributed by atoms with E-state index in [-0.39, 0.29) is 11.6 Å². The van der Waals surface area contributed by atoms with Gasteiger partial charge in [-0.15, -0.1) is 0 Å². The molecule has 0 aliphatic carbocycles. The van der Waals surface area contributed by atoms with E-state index < -0.39 is 0 Å². The number of aromatic nitrogens is 1. The Hall–Kier alpha value is -0.620. The Balaban J connectivity index is 2.50. The quantitative estimate of drug-likeness (QED) is 0.830. The zero-order valence-corrected chi connectivity index (χ0v) is 10.6. The van der Waals surface area contributed by atoms with Crippen LogP contribution in [0.1, 0.15) is 20.8 Å². The third-order valence-electron chi connectivity index (χ3n) is 1.19. The molecule has 0 saturated heterocycles. The number of rotatable bonds is 1. The van der Waals surface area contributed by atoms with Crippen molar-refractivity contribution in [2.75, 3.05) is 5.32 Å². The van der Waals surface area contributed by atoms with Crippen LogP contribution in [-0.2, 0) is 0 Å². The molecular formula is C8H12BrN3OS. The van der Waals surface area contributed by atoms with Crippen LogP contribution < -0.4 is 10.6 Å². The highest BCUT2D eigenvalue weighted by Gasteiger charge is 2.14. The fourth-order valence-corrected chi connectivity index (χ4v) is 1.88. The maximum Gasteiger partial charge on any atom is 0.321 e. The maximum absolute atomic E-state index is 11.4. The first-order valence-electron chi connectivity index (χ1n) is 4.07. The van der Waals surface area contributed by atoms with Crippen molar-refractivity contribution in [3.63, 3.8) is 0 Å². The van der Waals surface area contributed by atoms with Crippen LogP contribution in [0, 0.1) is 0 Å². The van der Waals surface area contributed by atoms with Gasteiger partial charge in [-0.2, -0.15) is 0 Å². The van der Waals surface area contributed by atoms with E-state index in [1.54, 1.807) is 6.20 Å². The van der Waals surface area contributed by atoms with Gasteiger partial charge in [-0.1, -0.05) is 11.3 Å². The molecule has 0 atom stereocenters. The van der Waals surface area contributed by atoms with E-state index >= 15 is 0 Å². The van der Waals surface area contributed by atoms with Crippen molar-refractivity contribution in [2.45, 2.75) is 26.3 Å². The third kappa shape index (κ3) is 4.06. The molecule has 0 radical (unpaired) electrons. The van der Waals surface area contributed by atoms with Gasteiger partial charge in [0.1, 0.15) is 0 Å². The lowest BCUT2D eigenvalue weighted by Crippen LogP contribution is -2.43. The SMILES string of the molecule is CC(C)(C)NC(=O)Nc1ncc(Br)s1. The van der Waals surface area contributed by atoms with E-state index in [0.717, 1.165) is 3.79 Å². The van der Waals surface area contributed by atoms with Crippen LogP contribution in [-0.4, -0.2) is 16.6 Å². The number of thiazole rings is 1. The van der Waals surface area contributed by atoms with Gasteiger partial charge in [0.25, 0.3) is 0 Å². The van der Waals surface area contributed by atoms with Crippen LogP contribution in [0.25, 0.3) is 0 Å². The zero-order chi connectivity index (χ0) is 10.8. The molecule has 1 heterocycles. The summed E-state index contributed by atoms with van der Waals surface area (Å²) in [4.78, 5) is 15.4. The second-order valence-electron chi connectivity index (χ2n) is 3.80. The number of urea groups is 1. The third-order valence-corrected chi connectivity index (χ3v) is 2.58. The van der Waals surface area contributed by atoms with Crippen molar-refractivity contribution < 1.29 is 4.79 Å². The summed E-state index contributed by atoms with van der Waals surface area (Å²) in [6.07, 6.45) is 1.65. The molecule has 2 amide bonds. The van der Waals surface area contributed by atoms with Gasteiger partial charge < -0.3 is 5.32 Å². The number of amides is 2. The molecule has 0 saturated carbocycles. The number of nitrogens with zero attached hydrogens (tertiary/aromatic N) is 1. The molecule has 0 fully saturated rings. The van der Waals surface area contributed by atoms with Crippen LogP contribution >= 0.6 is 27.3 Å². The molecule has 1 aromatic heterocycles. The smallest absolute Gasteiger partial charge is 0.321 e. The van der Waals surface area contributed by atoms with E-state index in [9.17, 15) is 4.79 Å². The van der Waals surface area contributed by atoms with Crippen molar-refractivity contribution in [3.8, 4) is 0 Å². The van der Waals surface area contributed by atoms with Gasteiger partial charge in [-0.3, -0.25) is 5.32 Å². The second-order valence-corrected chi connectivity index (χ2v) is 6.21. The van der Waals surface area contributed by atoms with E-state index in [4.69, 9.17) is 0 Å². The number of carbonyl (C=O) groups excluding carboxylic acids is 1. The summed E-state index contributed by atoms with van der Waals surface area (Å²) in [7, 11) is 0. The van der Waals surface area contributed by atoms with E-state index in [2.05, 4.69) is 31.5 Å². The largest absolute Gasteiger partial charge is 0.333 e. The highest BCUT2D eigenvalue weighted by atomic mass is 79.9. The highest BCUT2D eigenvalue weighted by Crippen LogP contribution is 2.22. The Labute approximate surface area is 95.2 Å². The fourth-order valence-electron chi connectivity index (χ4n) is 0.781. The van der Waals surface area contributed by atoms with Gasteiger partial charge in [0, 0.05) is 5.54 Å². The van der Waals surface area contributed by atoms with Crippen molar-refractivity contribution in [1.29, 1.82) is 0 Å². The second kappa shape index (κ2) is 4.27. The van der Waals surface area contributed by atoms with Gasteiger partial charge in [-0.25, -0.2) is 9.78 Å². The summed E-state index contributed by atoms with van der Waals surface area (Å²) in [5.41, 5.74) is -0.238. The van der Waals surface area contributed by atoms with Gasteiger partial charge in [0.2, 0.25) is 0 Å². The minimum atomic E-state index is -0.238. The number of hydrogen-bond acceptors (Lipinski definition) is 3. The average Bonchev–Trinajstić information content (AvgIpc) is 2.30. The normalized spacial score (nSPS) is 11.1. The molecule has 0 aromatic carbocycles. The van der Waals surface area contributed by atoms with E-state index in [1.165, 1.54) is 11.3 Å². The van der Waals surface area contributed by atoms with E-state index in [1.807, 2.05) is 20.8 Å². The Morgan fingerprint density at radius 2 is 2.21 bits per heavy atom. The molecule has 0 bridgehead atoms. The van der Waals surface area contributed by atoms with Crippen LogP contribution in [0.3, 0.4) is 0 Å². The van der Waals surface area contributed by atoms with Gasteiger partial charge in [0.15, 0.2) is 5.13 Å². The molecule has 78 valence electrons. The van der Waals surface area contributed by atoms with Crippen LogP contribution in [0.5, 0.6) is 0 Å². The van der Waals surface area contributed by atoms with Gasteiger partial charge in [0.05, 0.1) is 9.98 Å². The summed E-state index contributed by atoms with van der Waals surface area (Å²) in [5.74, 6) is 0. The van der Waals surface area contributed by atoms with Crippen molar-refractivity contribution in [1.82, 2.24) is 10.3 Å². The molecule has 0 unspecified atom stereocenters. The van der Waals surface area contributed by atoms with Crippen LogP contribution in [0.4, 0.5) is 9.93 Å². The predicted molar refractivity (Wildman–Crippen MR) is 61.7 cm³/mol. The molecule has 14 heavy (non-hydrogen) atoms. The lowest BCUT2D eigenvalue weighted by molar-refractivity contribution is 0.244. The minimum absolute atomic E-state index is 0.237. The predicted octanol–water partition coefficient (Wildman–Crippen LogP) is 2.83. The maximum atomic E-state index is 11.4. The molecule has 2 N–H and O–H groups in total. The van der Waals surface area contributed by atoms with Crippen LogP contribution in [0.2, 0.25) is 0 Å². The average molecular weight is 278 g/mol. The monoisotopic (exact) mass is 277 g/mol. The van der Waals surface area contributed by atoms with E-state index in [0.29, 0.717) is 5.13 Å². The minimum Gasteiger partial charge on any atom is -0.333 e. The summed E-state index contributed by atoms with van der Waals surface area (Å²) >= 11 is 4.64. The van der Waals surface area contributed by atoms with Crippen LogP contribution in [0.15, 0.2) is 9.98 Å². The molecule has 0 aliphatic heterocycles. The first kappa shape index (κ1) is 11.5. The molecule has 6 heteroatoms. The summed E-state index contributed by atoms with van der Waals surface area (Å²) in [5, 5.41) is 6.01. The number of nitrogens with one attached hydrogen (secondary N) is 2. The van der Waals surface area contributed by atoms with Crippen molar-refractivity contribution in [2.24, 2.45) is 0 Å². The standard InChI is InChI=1S/C8H12BrN3OS/c1-8(2,3)12-6(13)11-7-10-4-5(9)14-7/h4H,1-3H3,(H2,10,11,12,13). The van der Waals surface area contributed by atoms with Gasteiger partial charge in [-0.05, 0) is 36.7 Å². The number of halogens is 1. The molecule has 1 rings (SSSR count). The lowest BCUT2D eigenvalue weighted by Gasteiger charge is -2.19. The Morgan fingerprint density at radius 1 is 1.57 bits per heavy atom. The number of carbonyl (C=O) groups is 1. The number of hydrogen-bond donors (Lipinski definition) is 2. The number of anilines is 1. The van der Waals surface area contributed by atoms with Crippen molar-refractivity contribution in [3.05, 3.63) is 9.98 Å². The molecule has 0 spiro atoms. The molecule has 0 aliphatic rings. The molecule has 4 nitrogen and oxygen atoms in total. The van der Waals surface area contributed by atoms with Gasteiger partial charge >= 0.3 is 6.03 Å². The topological polar surface area (TPSA) is 54.0 Å².